The molecule has 0 aliphatic heterocycles. The van der Waals surface area contributed by atoms with E-state index >= 15 is 0 Å². The standard InChI is InChI=1S/C10H14ClNO/c1-3-8(4-2)13-9-6-5-7-12-10(9)11/h5-8H,3-4H2,1-2H3. The zero-order valence-corrected chi connectivity index (χ0v) is 8.71. The maximum absolute atomic E-state index is 5.85. The van der Waals surface area contributed by atoms with E-state index in [1.807, 2.05) is 12.1 Å². The van der Waals surface area contributed by atoms with E-state index in [-0.39, 0.29) is 6.10 Å². The lowest BCUT2D eigenvalue weighted by Crippen LogP contribution is -2.13. The second-order valence-corrected chi connectivity index (χ2v) is 3.21. The quantitative estimate of drug-likeness (QED) is 0.695. The summed E-state index contributed by atoms with van der Waals surface area (Å²) in [5.41, 5.74) is 0. The molecule has 0 radical (unpaired) electrons. The van der Waals surface area contributed by atoms with E-state index in [0.29, 0.717) is 10.9 Å². The monoisotopic (exact) mass is 199 g/mol. The van der Waals surface area contributed by atoms with Crippen LogP contribution in [0.25, 0.3) is 0 Å². The van der Waals surface area contributed by atoms with E-state index in [2.05, 4.69) is 18.8 Å². The Labute approximate surface area is 83.9 Å². The molecule has 0 aromatic carbocycles. The second kappa shape index (κ2) is 5.07. The van der Waals surface area contributed by atoms with Crippen molar-refractivity contribution in [3.05, 3.63) is 23.5 Å². The van der Waals surface area contributed by atoms with Gasteiger partial charge in [0.25, 0.3) is 0 Å². The number of halogens is 1. The van der Waals surface area contributed by atoms with E-state index in [9.17, 15) is 0 Å². The molecule has 0 saturated carbocycles. The van der Waals surface area contributed by atoms with Gasteiger partial charge in [0, 0.05) is 6.20 Å². The minimum absolute atomic E-state index is 0.238. The molecule has 72 valence electrons. The molecule has 0 spiro atoms. The van der Waals surface area contributed by atoms with Gasteiger partial charge in [-0.1, -0.05) is 25.4 Å². The van der Waals surface area contributed by atoms with E-state index in [4.69, 9.17) is 16.3 Å². The van der Waals surface area contributed by atoms with Crippen LogP contribution in [0, 0.1) is 0 Å². The van der Waals surface area contributed by atoms with Gasteiger partial charge in [-0.2, -0.15) is 0 Å². The summed E-state index contributed by atoms with van der Waals surface area (Å²) in [6, 6.07) is 3.66. The summed E-state index contributed by atoms with van der Waals surface area (Å²) in [7, 11) is 0. The molecule has 0 amide bonds. The van der Waals surface area contributed by atoms with Crippen LogP contribution in [-0.2, 0) is 0 Å². The first-order chi connectivity index (χ1) is 6.27. The predicted octanol–water partition coefficient (Wildman–Crippen LogP) is 3.30. The number of ether oxygens (including phenoxy) is 1. The van der Waals surface area contributed by atoms with Gasteiger partial charge in [-0.05, 0) is 25.0 Å². The minimum Gasteiger partial charge on any atom is -0.487 e. The Morgan fingerprint density at radius 2 is 2.15 bits per heavy atom. The highest BCUT2D eigenvalue weighted by Gasteiger charge is 2.07. The van der Waals surface area contributed by atoms with Gasteiger partial charge in [0.15, 0.2) is 10.9 Å². The molecule has 1 aromatic rings. The van der Waals surface area contributed by atoms with Crippen LogP contribution in [-0.4, -0.2) is 11.1 Å². The topological polar surface area (TPSA) is 22.1 Å². The molecule has 0 saturated heterocycles. The largest absolute Gasteiger partial charge is 0.487 e. The minimum atomic E-state index is 0.238. The fourth-order valence-corrected chi connectivity index (χ4v) is 1.26. The number of hydrogen-bond donors (Lipinski definition) is 0. The van der Waals surface area contributed by atoms with Crippen molar-refractivity contribution >= 4 is 11.6 Å². The van der Waals surface area contributed by atoms with Crippen molar-refractivity contribution in [1.82, 2.24) is 4.98 Å². The van der Waals surface area contributed by atoms with Crippen molar-refractivity contribution in [3.8, 4) is 5.75 Å². The molecule has 0 N–H and O–H groups in total. The van der Waals surface area contributed by atoms with Crippen LogP contribution in [0.15, 0.2) is 18.3 Å². The van der Waals surface area contributed by atoms with Crippen molar-refractivity contribution in [1.29, 1.82) is 0 Å². The van der Waals surface area contributed by atoms with E-state index in [0.717, 1.165) is 12.8 Å². The van der Waals surface area contributed by atoms with Gasteiger partial charge in [0.05, 0.1) is 6.10 Å². The first kappa shape index (κ1) is 10.3. The summed E-state index contributed by atoms with van der Waals surface area (Å²) in [6.45, 7) is 4.19. The Kier molecular flexibility index (Phi) is 4.03. The van der Waals surface area contributed by atoms with Crippen molar-refractivity contribution < 1.29 is 4.74 Å². The summed E-state index contributed by atoms with van der Waals surface area (Å²) in [5.74, 6) is 0.679. The third kappa shape index (κ3) is 2.88. The second-order valence-electron chi connectivity index (χ2n) is 2.85. The Hall–Kier alpha value is -0.760. The lowest BCUT2D eigenvalue weighted by Gasteiger charge is -2.15. The molecular formula is C10H14ClNO. The summed E-state index contributed by atoms with van der Waals surface area (Å²) < 4.78 is 5.65. The number of hydrogen-bond acceptors (Lipinski definition) is 2. The molecule has 13 heavy (non-hydrogen) atoms. The normalized spacial score (nSPS) is 10.5. The SMILES string of the molecule is CCC(CC)Oc1cccnc1Cl. The summed E-state index contributed by atoms with van der Waals surface area (Å²) in [6.07, 6.45) is 3.87. The molecule has 1 heterocycles. The van der Waals surface area contributed by atoms with E-state index in [1.165, 1.54) is 0 Å². The van der Waals surface area contributed by atoms with Gasteiger partial charge in [0.1, 0.15) is 0 Å². The lowest BCUT2D eigenvalue weighted by molar-refractivity contribution is 0.192. The predicted molar refractivity (Wildman–Crippen MR) is 54.2 cm³/mol. The van der Waals surface area contributed by atoms with Gasteiger partial charge < -0.3 is 4.74 Å². The molecule has 2 nitrogen and oxygen atoms in total. The molecule has 1 aromatic heterocycles. The van der Waals surface area contributed by atoms with E-state index < -0.39 is 0 Å². The highest BCUT2D eigenvalue weighted by Crippen LogP contribution is 2.22. The van der Waals surface area contributed by atoms with Crippen molar-refractivity contribution in [3.63, 3.8) is 0 Å². The van der Waals surface area contributed by atoms with Crippen LogP contribution in [0.1, 0.15) is 26.7 Å². The molecule has 1 rings (SSSR count). The van der Waals surface area contributed by atoms with Crippen LogP contribution in [0.4, 0.5) is 0 Å². The number of pyridine rings is 1. The van der Waals surface area contributed by atoms with Gasteiger partial charge >= 0.3 is 0 Å². The van der Waals surface area contributed by atoms with Crippen molar-refractivity contribution in [2.24, 2.45) is 0 Å². The summed E-state index contributed by atoms with van der Waals surface area (Å²) in [5, 5.41) is 0.439. The molecule has 0 aliphatic carbocycles. The van der Waals surface area contributed by atoms with E-state index in [1.54, 1.807) is 6.20 Å². The molecule has 3 heteroatoms. The molecule has 0 bridgehead atoms. The number of aromatic nitrogens is 1. The molecular weight excluding hydrogens is 186 g/mol. The highest BCUT2D eigenvalue weighted by molar-refractivity contribution is 6.30. The molecule has 0 atom stereocenters. The molecule has 0 unspecified atom stereocenters. The summed E-state index contributed by atoms with van der Waals surface area (Å²) >= 11 is 5.85. The fraction of sp³-hybridized carbons (Fsp3) is 0.500. The molecule has 0 fully saturated rings. The van der Waals surface area contributed by atoms with Crippen molar-refractivity contribution in [2.75, 3.05) is 0 Å². The Morgan fingerprint density at radius 1 is 1.46 bits per heavy atom. The lowest BCUT2D eigenvalue weighted by atomic mass is 10.2. The maximum Gasteiger partial charge on any atom is 0.171 e. The fourth-order valence-electron chi connectivity index (χ4n) is 1.09. The maximum atomic E-state index is 5.85. The molecule has 0 aliphatic rings. The van der Waals surface area contributed by atoms with Gasteiger partial charge in [0.2, 0.25) is 0 Å². The van der Waals surface area contributed by atoms with Crippen LogP contribution < -0.4 is 4.74 Å². The zero-order chi connectivity index (χ0) is 9.68. The van der Waals surface area contributed by atoms with Crippen LogP contribution in [0.5, 0.6) is 5.75 Å². The average molecular weight is 200 g/mol. The third-order valence-electron chi connectivity index (χ3n) is 1.93. The van der Waals surface area contributed by atoms with Crippen LogP contribution in [0.2, 0.25) is 5.15 Å². The van der Waals surface area contributed by atoms with Crippen molar-refractivity contribution in [2.45, 2.75) is 32.8 Å². The first-order valence-corrected chi connectivity index (χ1v) is 4.92. The average Bonchev–Trinajstić information content (AvgIpc) is 2.17. The smallest absolute Gasteiger partial charge is 0.171 e. The van der Waals surface area contributed by atoms with Gasteiger partial charge in [-0.15, -0.1) is 0 Å². The van der Waals surface area contributed by atoms with Gasteiger partial charge in [-0.25, -0.2) is 4.98 Å². The third-order valence-corrected chi connectivity index (χ3v) is 2.21. The number of nitrogens with zero attached hydrogens (tertiary/aromatic N) is 1. The Bertz CT molecular complexity index is 261. The van der Waals surface area contributed by atoms with Crippen LogP contribution >= 0.6 is 11.6 Å². The van der Waals surface area contributed by atoms with Crippen LogP contribution in [0.3, 0.4) is 0 Å². The highest BCUT2D eigenvalue weighted by atomic mass is 35.5. The first-order valence-electron chi connectivity index (χ1n) is 4.55. The van der Waals surface area contributed by atoms with Gasteiger partial charge in [-0.3, -0.25) is 0 Å². The summed E-state index contributed by atoms with van der Waals surface area (Å²) in [4.78, 5) is 3.94. The number of rotatable bonds is 4. The Morgan fingerprint density at radius 3 is 2.69 bits per heavy atom. The zero-order valence-electron chi connectivity index (χ0n) is 7.96. The Balaban J connectivity index is 2.67.